The number of hydrogen-bond donors (Lipinski definition) is 3. The minimum absolute atomic E-state index is 0.0255. The summed E-state index contributed by atoms with van der Waals surface area (Å²) in [6.07, 6.45) is 8.70. The molecule has 1 aliphatic carbocycles. The number of nitrogens with zero attached hydrogens (tertiary/aromatic N) is 2. The van der Waals surface area contributed by atoms with Crippen molar-refractivity contribution in [2.45, 2.75) is 37.5 Å². The van der Waals surface area contributed by atoms with Crippen LogP contribution in [-0.2, 0) is 10.3 Å². The second-order valence-electron chi connectivity index (χ2n) is 9.66. The zero-order valence-corrected chi connectivity index (χ0v) is 20.2. The number of benzene rings is 2. The summed E-state index contributed by atoms with van der Waals surface area (Å²) in [7, 11) is 0. The molecule has 0 aromatic heterocycles. The Morgan fingerprint density at radius 1 is 1.11 bits per heavy atom. The summed E-state index contributed by atoms with van der Waals surface area (Å²) in [5, 5.41) is 6.10. The number of halogens is 1. The largest absolute Gasteiger partial charge is 0.325 e. The van der Waals surface area contributed by atoms with Gasteiger partial charge in [-0.15, -0.1) is 0 Å². The molecule has 3 amide bonds. The van der Waals surface area contributed by atoms with Crippen molar-refractivity contribution in [1.82, 2.24) is 15.1 Å². The molecule has 2 aromatic rings. The zero-order valence-electron chi connectivity index (χ0n) is 20.2. The Morgan fingerprint density at radius 2 is 1.83 bits per heavy atom. The quantitative estimate of drug-likeness (QED) is 0.594. The van der Waals surface area contributed by atoms with Crippen molar-refractivity contribution in [3.05, 3.63) is 89.8 Å². The Hall–Kier alpha value is -3.49. The molecule has 36 heavy (non-hydrogen) atoms. The fraction of sp³-hybridized carbons (Fsp3) is 0.357. The number of para-hydroxylation sites is 1. The molecule has 0 radical (unpaired) electrons. The van der Waals surface area contributed by atoms with E-state index >= 15 is 0 Å². The zero-order chi connectivity index (χ0) is 25.1. The molecule has 2 unspecified atom stereocenters. The first-order chi connectivity index (χ1) is 17.5. The van der Waals surface area contributed by atoms with E-state index in [4.69, 9.17) is 5.73 Å². The van der Waals surface area contributed by atoms with Crippen molar-refractivity contribution in [2.75, 3.05) is 25.0 Å². The Morgan fingerprint density at radius 3 is 2.53 bits per heavy atom. The fourth-order valence-electron chi connectivity index (χ4n) is 5.48. The lowest BCUT2D eigenvalue weighted by Crippen LogP contribution is -2.49. The summed E-state index contributed by atoms with van der Waals surface area (Å²) in [6, 6.07) is 15.6. The summed E-state index contributed by atoms with van der Waals surface area (Å²) in [5.41, 5.74) is 7.65. The van der Waals surface area contributed by atoms with E-state index in [2.05, 4.69) is 16.7 Å². The van der Waals surface area contributed by atoms with Crippen LogP contribution in [0, 0.1) is 11.7 Å². The van der Waals surface area contributed by atoms with Crippen molar-refractivity contribution >= 4 is 17.6 Å². The number of amides is 3. The number of piperidine rings is 1. The average molecular weight is 490 g/mol. The molecule has 0 bridgehead atoms. The highest BCUT2D eigenvalue weighted by Crippen LogP contribution is 2.40. The predicted molar refractivity (Wildman–Crippen MR) is 137 cm³/mol. The molecule has 8 heteroatoms. The highest BCUT2D eigenvalue weighted by atomic mass is 19.1. The second-order valence-corrected chi connectivity index (χ2v) is 9.66. The summed E-state index contributed by atoms with van der Waals surface area (Å²) in [4.78, 5) is 30.1. The van der Waals surface area contributed by atoms with Gasteiger partial charge in [0.05, 0.1) is 5.69 Å². The number of allylic oxidation sites excluding steroid dienone is 3. The van der Waals surface area contributed by atoms with Crippen LogP contribution in [-0.4, -0.2) is 47.7 Å². The fourth-order valence-corrected chi connectivity index (χ4v) is 5.48. The number of rotatable bonds is 5. The van der Waals surface area contributed by atoms with E-state index in [0.717, 1.165) is 36.8 Å². The van der Waals surface area contributed by atoms with E-state index in [-0.39, 0.29) is 23.5 Å². The molecule has 0 spiro atoms. The van der Waals surface area contributed by atoms with Crippen molar-refractivity contribution in [3.8, 4) is 0 Å². The molecule has 0 saturated carbocycles. The highest BCUT2D eigenvalue weighted by Gasteiger charge is 2.53. The molecule has 7 nitrogen and oxygen atoms in total. The van der Waals surface area contributed by atoms with Gasteiger partial charge in [0.2, 0.25) is 0 Å². The SMILES string of the molecule is NC1NC(C2=CC=CCC2)(c2ccccc2)C(=O)N1CC1CCN(C(=O)Nc2ccccc2F)CC1. The van der Waals surface area contributed by atoms with E-state index in [1.807, 2.05) is 42.5 Å². The van der Waals surface area contributed by atoms with Crippen molar-refractivity contribution in [3.63, 3.8) is 0 Å². The molecular weight excluding hydrogens is 457 g/mol. The van der Waals surface area contributed by atoms with Gasteiger partial charge in [-0.3, -0.25) is 15.8 Å². The van der Waals surface area contributed by atoms with Gasteiger partial charge in [0.1, 0.15) is 17.6 Å². The molecular formula is C28H32FN5O2. The van der Waals surface area contributed by atoms with E-state index in [0.29, 0.717) is 19.6 Å². The van der Waals surface area contributed by atoms with Crippen LogP contribution in [0.4, 0.5) is 14.9 Å². The van der Waals surface area contributed by atoms with Crippen LogP contribution in [0.25, 0.3) is 0 Å². The first-order valence-corrected chi connectivity index (χ1v) is 12.6. The Bertz CT molecular complexity index is 1180. The van der Waals surface area contributed by atoms with Crippen LogP contribution in [0.5, 0.6) is 0 Å². The third-order valence-electron chi connectivity index (χ3n) is 7.46. The van der Waals surface area contributed by atoms with Gasteiger partial charge in [-0.25, -0.2) is 9.18 Å². The lowest BCUT2D eigenvalue weighted by atomic mass is 9.78. The molecule has 3 aliphatic rings. The van der Waals surface area contributed by atoms with Crippen molar-refractivity contribution in [2.24, 2.45) is 11.7 Å². The molecule has 4 N–H and O–H groups in total. The standard InChI is InChI=1S/C28H32FN5O2/c29-23-13-7-8-14-24(23)31-27(36)33-17-15-20(16-18-33)19-34-25(35)28(32-26(34)30,21-9-3-1-4-10-21)22-11-5-2-6-12-22/h1-5,7-11,13-14,20,26,32H,6,12,15-19,30H2,(H,31,36). The van der Waals surface area contributed by atoms with Gasteiger partial charge in [0.15, 0.2) is 0 Å². The van der Waals surface area contributed by atoms with E-state index < -0.39 is 17.6 Å². The van der Waals surface area contributed by atoms with Crippen LogP contribution in [0.1, 0.15) is 31.2 Å². The molecule has 5 rings (SSSR count). The number of nitrogens with two attached hydrogens (primary N) is 1. The van der Waals surface area contributed by atoms with Gasteiger partial charge in [-0.05, 0) is 54.9 Å². The molecule has 188 valence electrons. The van der Waals surface area contributed by atoms with Gasteiger partial charge in [0.25, 0.3) is 5.91 Å². The molecule has 2 aliphatic heterocycles. The van der Waals surface area contributed by atoms with Crippen LogP contribution in [0.2, 0.25) is 0 Å². The maximum Gasteiger partial charge on any atom is 0.321 e. The van der Waals surface area contributed by atoms with Gasteiger partial charge in [0, 0.05) is 19.6 Å². The molecule has 2 atom stereocenters. The maximum atomic E-state index is 14.0. The number of urea groups is 1. The number of likely N-dealkylation sites (tertiary alicyclic amines) is 1. The average Bonchev–Trinajstić information content (AvgIpc) is 3.17. The Kier molecular flexibility index (Phi) is 6.89. The summed E-state index contributed by atoms with van der Waals surface area (Å²) >= 11 is 0. The number of anilines is 1. The minimum Gasteiger partial charge on any atom is -0.325 e. The van der Waals surface area contributed by atoms with E-state index in [1.54, 1.807) is 28.0 Å². The molecule has 2 saturated heterocycles. The van der Waals surface area contributed by atoms with Crippen LogP contribution < -0.4 is 16.4 Å². The smallest absolute Gasteiger partial charge is 0.321 e. The lowest BCUT2D eigenvalue weighted by molar-refractivity contribution is -0.133. The first kappa shape index (κ1) is 24.2. The van der Waals surface area contributed by atoms with Gasteiger partial charge >= 0.3 is 6.03 Å². The summed E-state index contributed by atoms with van der Waals surface area (Å²) < 4.78 is 13.9. The minimum atomic E-state index is -0.966. The van der Waals surface area contributed by atoms with E-state index in [9.17, 15) is 14.0 Å². The van der Waals surface area contributed by atoms with Gasteiger partial charge < -0.3 is 15.1 Å². The normalized spacial score (nSPS) is 24.7. The van der Waals surface area contributed by atoms with Crippen molar-refractivity contribution in [1.29, 1.82) is 0 Å². The van der Waals surface area contributed by atoms with E-state index in [1.165, 1.54) is 6.07 Å². The number of nitrogens with one attached hydrogen (secondary N) is 2. The van der Waals surface area contributed by atoms with Gasteiger partial charge in [-0.1, -0.05) is 60.7 Å². The van der Waals surface area contributed by atoms with Gasteiger partial charge in [-0.2, -0.15) is 0 Å². The number of carbonyl (C=O) groups is 2. The van der Waals surface area contributed by atoms with Crippen molar-refractivity contribution < 1.29 is 14.0 Å². The Balaban J connectivity index is 1.26. The Labute approximate surface area is 210 Å². The second kappa shape index (κ2) is 10.2. The first-order valence-electron chi connectivity index (χ1n) is 12.6. The topological polar surface area (TPSA) is 90.7 Å². The lowest BCUT2D eigenvalue weighted by Gasteiger charge is -2.35. The maximum absolute atomic E-state index is 14.0. The third-order valence-corrected chi connectivity index (χ3v) is 7.46. The number of hydrogen-bond acceptors (Lipinski definition) is 4. The summed E-state index contributed by atoms with van der Waals surface area (Å²) in [6.45, 7) is 1.60. The third kappa shape index (κ3) is 4.54. The molecule has 2 fully saturated rings. The van der Waals surface area contributed by atoms with Crippen LogP contribution in [0.3, 0.4) is 0 Å². The monoisotopic (exact) mass is 489 g/mol. The van der Waals surface area contributed by atoms with Crippen LogP contribution >= 0.6 is 0 Å². The number of carbonyl (C=O) groups excluding carboxylic acids is 2. The predicted octanol–water partition coefficient (Wildman–Crippen LogP) is 3.92. The molecule has 2 heterocycles. The van der Waals surface area contributed by atoms with Crippen LogP contribution in [0.15, 0.2) is 78.4 Å². The highest BCUT2D eigenvalue weighted by molar-refractivity contribution is 5.94. The molecule has 2 aromatic carbocycles. The summed E-state index contributed by atoms with van der Waals surface area (Å²) in [5.74, 6) is -0.270.